The minimum Gasteiger partial charge on any atom is -0.493 e. The van der Waals surface area contributed by atoms with Gasteiger partial charge in [-0.25, -0.2) is 0 Å². The van der Waals surface area contributed by atoms with Gasteiger partial charge < -0.3 is 15.2 Å². The van der Waals surface area contributed by atoms with E-state index in [0.29, 0.717) is 5.88 Å². The number of aryl methyl sites for hydroxylation is 2. The zero-order valence-corrected chi connectivity index (χ0v) is 16.7. The second kappa shape index (κ2) is 7.98. The van der Waals surface area contributed by atoms with Gasteiger partial charge in [0, 0.05) is 22.7 Å². The SMILES string of the molecule is CCCc1scc([C@@H]2c3cc(OC)c(OC)cc3CC[C@H]2N)c1CCl. The third-order valence-electron chi connectivity index (χ3n) is 5.11. The van der Waals surface area contributed by atoms with Crippen LogP contribution in [0.3, 0.4) is 0 Å². The average Bonchev–Trinajstić information content (AvgIpc) is 3.03. The van der Waals surface area contributed by atoms with Crippen LogP contribution in [-0.2, 0) is 18.7 Å². The van der Waals surface area contributed by atoms with E-state index in [9.17, 15) is 0 Å². The van der Waals surface area contributed by atoms with Gasteiger partial charge in [-0.3, -0.25) is 0 Å². The van der Waals surface area contributed by atoms with Gasteiger partial charge in [-0.15, -0.1) is 22.9 Å². The number of methoxy groups -OCH3 is 2. The molecule has 0 unspecified atom stereocenters. The molecule has 2 aromatic rings. The molecule has 5 heteroatoms. The summed E-state index contributed by atoms with van der Waals surface area (Å²) in [6, 6.07) is 4.30. The molecule has 0 saturated carbocycles. The molecule has 2 atom stereocenters. The van der Waals surface area contributed by atoms with Crippen molar-refractivity contribution in [3.05, 3.63) is 44.6 Å². The van der Waals surface area contributed by atoms with Crippen molar-refractivity contribution in [3.63, 3.8) is 0 Å². The number of alkyl halides is 1. The smallest absolute Gasteiger partial charge is 0.161 e. The van der Waals surface area contributed by atoms with Crippen LogP contribution in [0.2, 0.25) is 0 Å². The number of rotatable bonds is 6. The number of thiophene rings is 1. The molecule has 0 fully saturated rings. The van der Waals surface area contributed by atoms with E-state index in [1.807, 2.05) is 11.3 Å². The quantitative estimate of drug-likeness (QED) is 0.729. The van der Waals surface area contributed by atoms with Crippen LogP contribution in [0.5, 0.6) is 11.5 Å². The van der Waals surface area contributed by atoms with Crippen LogP contribution < -0.4 is 15.2 Å². The lowest BCUT2D eigenvalue weighted by molar-refractivity contribution is 0.352. The fourth-order valence-corrected chi connectivity index (χ4v) is 5.46. The molecule has 1 heterocycles. The molecule has 2 N–H and O–H groups in total. The summed E-state index contributed by atoms with van der Waals surface area (Å²) in [5.74, 6) is 2.25. The van der Waals surface area contributed by atoms with Gasteiger partial charge in [0.15, 0.2) is 11.5 Å². The summed E-state index contributed by atoms with van der Waals surface area (Å²) in [6.45, 7) is 2.20. The first kappa shape index (κ1) is 18.6. The highest BCUT2D eigenvalue weighted by Crippen LogP contribution is 2.44. The Morgan fingerprint density at radius 3 is 2.56 bits per heavy atom. The zero-order chi connectivity index (χ0) is 18.0. The third-order valence-corrected chi connectivity index (χ3v) is 6.49. The molecule has 1 aromatic heterocycles. The van der Waals surface area contributed by atoms with E-state index in [4.69, 9.17) is 26.8 Å². The first-order chi connectivity index (χ1) is 12.1. The van der Waals surface area contributed by atoms with Crippen molar-refractivity contribution < 1.29 is 9.47 Å². The normalized spacial score (nSPS) is 19.6. The van der Waals surface area contributed by atoms with Crippen molar-refractivity contribution >= 4 is 22.9 Å². The van der Waals surface area contributed by atoms with Crippen LogP contribution in [0, 0.1) is 0 Å². The molecule has 0 spiro atoms. The Morgan fingerprint density at radius 2 is 1.92 bits per heavy atom. The predicted molar refractivity (Wildman–Crippen MR) is 106 cm³/mol. The van der Waals surface area contributed by atoms with Gasteiger partial charge >= 0.3 is 0 Å². The van der Waals surface area contributed by atoms with Gasteiger partial charge in [0.05, 0.1) is 14.2 Å². The summed E-state index contributed by atoms with van der Waals surface area (Å²) < 4.78 is 11.0. The summed E-state index contributed by atoms with van der Waals surface area (Å²) in [5, 5.41) is 2.26. The highest BCUT2D eigenvalue weighted by molar-refractivity contribution is 7.10. The minimum absolute atomic E-state index is 0.0941. The maximum absolute atomic E-state index is 6.58. The lowest BCUT2D eigenvalue weighted by atomic mass is 9.75. The van der Waals surface area contributed by atoms with Crippen LogP contribution in [0.15, 0.2) is 17.5 Å². The molecule has 1 aliphatic rings. The molecular formula is C20H26ClNO2S. The summed E-state index contributed by atoms with van der Waals surface area (Å²) in [5.41, 5.74) is 11.7. The topological polar surface area (TPSA) is 44.5 Å². The fraction of sp³-hybridized carbons (Fsp3) is 0.500. The summed E-state index contributed by atoms with van der Waals surface area (Å²) in [7, 11) is 3.36. The van der Waals surface area contributed by atoms with E-state index in [0.717, 1.165) is 37.2 Å². The highest BCUT2D eigenvalue weighted by Gasteiger charge is 2.32. The van der Waals surface area contributed by atoms with Gasteiger partial charge in [-0.2, -0.15) is 0 Å². The van der Waals surface area contributed by atoms with E-state index >= 15 is 0 Å². The Balaban J connectivity index is 2.12. The van der Waals surface area contributed by atoms with Gasteiger partial charge in [0.2, 0.25) is 0 Å². The molecule has 136 valence electrons. The van der Waals surface area contributed by atoms with Gasteiger partial charge in [-0.05, 0) is 59.0 Å². The lowest BCUT2D eigenvalue weighted by Gasteiger charge is -2.32. The number of hydrogen-bond donors (Lipinski definition) is 1. The summed E-state index contributed by atoms with van der Waals surface area (Å²) >= 11 is 8.15. The number of benzene rings is 1. The largest absolute Gasteiger partial charge is 0.493 e. The molecule has 0 radical (unpaired) electrons. The van der Waals surface area contributed by atoms with Gasteiger partial charge in [-0.1, -0.05) is 13.3 Å². The molecule has 0 bridgehead atoms. The average molecular weight is 380 g/mol. The molecule has 3 nitrogen and oxygen atoms in total. The maximum atomic E-state index is 6.58. The Hall–Kier alpha value is -1.23. The van der Waals surface area contributed by atoms with Crippen molar-refractivity contribution in [1.29, 1.82) is 0 Å². The van der Waals surface area contributed by atoms with Crippen LogP contribution in [-0.4, -0.2) is 20.3 Å². The molecule has 1 aliphatic carbocycles. The number of ether oxygens (including phenoxy) is 2. The van der Waals surface area contributed by atoms with Crippen molar-refractivity contribution in [2.75, 3.05) is 14.2 Å². The first-order valence-electron chi connectivity index (χ1n) is 8.80. The molecule has 0 saturated heterocycles. The molecule has 0 aliphatic heterocycles. The standard InChI is InChI=1S/C20H26ClNO2S/c1-4-5-19-14(10-21)15(11-25-19)20-13-9-18(24-3)17(23-2)8-12(13)6-7-16(20)22/h8-9,11,16,20H,4-7,10,22H2,1-3H3/t16-,20+/m1/s1. The van der Waals surface area contributed by atoms with E-state index in [1.54, 1.807) is 14.2 Å². The van der Waals surface area contributed by atoms with E-state index in [2.05, 4.69) is 24.4 Å². The van der Waals surface area contributed by atoms with Crippen LogP contribution in [0.1, 0.15) is 52.8 Å². The van der Waals surface area contributed by atoms with Gasteiger partial charge in [0.25, 0.3) is 0 Å². The summed E-state index contributed by atoms with van der Waals surface area (Å²) in [4.78, 5) is 1.40. The number of nitrogens with two attached hydrogens (primary N) is 1. The Kier molecular flexibility index (Phi) is 5.92. The molecule has 25 heavy (non-hydrogen) atoms. The molecule has 0 amide bonds. The summed E-state index contributed by atoms with van der Waals surface area (Å²) in [6.07, 6.45) is 4.14. The van der Waals surface area contributed by atoms with Crippen LogP contribution in [0.4, 0.5) is 0 Å². The van der Waals surface area contributed by atoms with Crippen molar-refractivity contribution in [2.45, 2.75) is 50.4 Å². The van der Waals surface area contributed by atoms with E-state index in [-0.39, 0.29) is 12.0 Å². The van der Waals surface area contributed by atoms with Gasteiger partial charge in [0.1, 0.15) is 0 Å². The van der Waals surface area contributed by atoms with Crippen LogP contribution >= 0.6 is 22.9 Å². The van der Waals surface area contributed by atoms with Crippen LogP contribution in [0.25, 0.3) is 0 Å². The van der Waals surface area contributed by atoms with Crippen molar-refractivity contribution in [2.24, 2.45) is 5.73 Å². The number of fused-ring (bicyclic) bond motifs is 1. The monoisotopic (exact) mass is 379 g/mol. The minimum atomic E-state index is 0.0941. The fourth-order valence-electron chi connectivity index (χ4n) is 3.85. The zero-order valence-electron chi connectivity index (χ0n) is 15.1. The van der Waals surface area contributed by atoms with Crippen molar-refractivity contribution in [3.8, 4) is 11.5 Å². The van der Waals surface area contributed by atoms with E-state index in [1.165, 1.54) is 27.1 Å². The second-order valence-electron chi connectivity index (χ2n) is 6.56. The molecular weight excluding hydrogens is 354 g/mol. The number of halogens is 1. The maximum Gasteiger partial charge on any atom is 0.161 e. The Labute approximate surface area is 159 Å². The van der Waals surface area contributed by atoms with E-state index < -0.39 is 0 Å². The van der Waals surface area contributed by atoms with Crippen molar-refractivity contribution in [1.82, 2.24) is 0 Å². The number of hydrogen-bond acceptors (Lipinski definition) is 4. The highest BCUT2D eigenvalue weighted by atomic mass is 35.5. The molecule has 3 rings (SSSR count). The molecule has 1 aromatic carbocycles. The third kappa shape index (κ3) is 3.40. The lowest BCUT2D eigenvalue weighted by Crippen LogP contribution is -2.34. The Bertz CT molecular complexity index is 744. The Morgan fingerprint density at radius 1 is 1.20 bits per heavy atom. The predicted octanol–water partition coefficient (Wildman–Crippen LogP) is 4.86. The second-order valence-corrected chi connectivity index (χ2v) is 7.79. The first-order valence-corrected chi connectivity index (χ1v) is 10.2.